The first-order valence-electron chi connectivity index (χ1n) is 6.24. The average molecular weight is 288 g/mol. The maximum absolute atomic E-state index is 12.3. The van der Waals surface area contributed by atoms with Crippen LogP contribution < -0.4 is 0 Å². The molecular weight excluding hydrogens is 272 g/mol. The van der Waals surface area contributed by atoms with Crippen LogP contribution in [0.25, 0.3) is 0 Å². The van der Waals surface area contributed by atoms with Crippen LogP contribution in [0.5, 0.6) is 0 Å². The van der Waals surface area contributed by atoms with Gasteiger partial charge in [-0.3, -0.25) is 4.79 Å². The van der Waals surface area contributed by atoms with E-state index in [2.05, 4.69) is 4.98 Å². The summed E-state index contributed by atoms with van der Waals surface area (Å²) in [7, 11) is 3.55. The van der Waals surface area contributed by atoms with Gasteiger partial charge >= 0.3 is 0 Å². The zero-order valence-electron chi connectivity index (χ0n) is 11.8. The number of carbonyl (C=O) groups excluding carboxylic acids is 1. The van der Waals surface area contributed by atoms with Crippen molar-refractivity contribution in [2.75, 3.05) is 13.6 Å². The second-order valence-corrected chi connectivity index (χ2v) is 5.61. The van der Waals surface area contributed by atoms with E-state index in [4.69, 9.17) is 5.26 Å². The third-order valence-electron chi connectivity index (χ3n) is 3.22. The lowest BCUT2D eigenvalue weighted by atomic mass is 10.2. The van der Waals surface area contributed by atoms with Gasteiger partial charge in [-0.2, -0.15) is 5.26 Å². The van der Waals surface area contributed by atoms with Crippen LogP contribution >= 0.6 is 11.3 Å². The number of nitrogens with zero attached hydrogens (tertiary/aromatic N) is 4. The fraction of sp³-hybridized carbons (Fsp3) is 0.357. The Balaban J connectivity index is 2.03. The fourth-order valence-corrected chi connectivity index (χ4v) is 2.74. The number of amides is 1. The van der Waals surface area contributed by atoms with Gasteiger partial charge in [0.05, 0.1) is 16.8 Å². The Morgan fingerprint density at radius 3 is 2.90 bits per heavy atom. The van der Waals surface area contributed by atoms with E-state index >= 15 is 0 Å². The predicted molar refractivity (Wildman–Crippen MR) is 77.6 cm³/mol. The van der Waals surface area contributed by atoms with Crippen molar-refractivity contribution >= 4 is 17.2 Å². The lowest BCUT2D eigenvalue weighted by Crippen LogP contribution is -2.30. The molecule has 0 aliphatic heterocycles. The molecule has 0 saturated heterocycles. The number of carbonyl (C=O) groups is 1. The molecule has 0 saturated carbocycles. The van der Waals surface area contributed by atoms with Crippen LogP contribution in [0.1, 0.15) is 26.6 Å². The van der Waals surface area contributed by atoms with Gasteiger partial charge in [0, 0.05) is 38.1 Å². The maximum atomic E-state index is 12.3. The van der Waals surface area contributed by atoms with Gasteiger partial charge in [-0.1, -0.05) is 0 Å². The Morgan fingerprint density at radius 2 is 2.35 bits per heavy atom. The monoisotopic (exact) mass is 288 g/mol. The zero-order chi connectivity index (χ0) is 14.7. The van der Waals surface area contributed by atoms with E-state index < -0.39 is 0 Å². The molecule has 0 bridgehead atoms. The van der Waals surface area contributed by atoms with Gasteiger partial charge < -0.3 is 9.47 Å². The van der Waals surface area contributed by atoms with E-state index in [-0.39, 0.29) is 5.91 Å². The predicted octanol–water partition coefficient (Wildman–Crippen LogP) is 1.98. The van der Waals surface area contributed by atoms with E-state index in [1.807, 2.05) is 18.5 Å². The molecule has 2 rings (SSSR count). The summed E-state index contributed by atoms with van der Waals surface area (Å²) in [5, 5.41) is 8.86. The molecule has 0 atom stereocenters. The van der Waals surface area contributed by atoms with E-state index in [0.717, 1.165) is 12.1 Å². The SMILES string of the molecule is Cc1ncsc1CCN(C)C(=O)c1cc(C#N)cn1C. The summed E-state index contributed by atoms with van der Waals surface area (Å²) in [6.45, 7) is 2.61. The molecule has 0 aromatic carbocycles. The minimum absolute atomic E-state index is 0.0730. The average Bonchev–Trinajstić information content (AvgIpc) is 3.01. The Morgan fingerprint density at radius 1 is 1.60 bits per heavy atom. The highest BCUT2D eigenvalue weighted by Crippen LogP contribution is 2.14. The molecule has 0 spiro atoms. The van der Waals surface area contributed by atoms with E-state index in [0.29, 0.717) is 17.8 Å². The molecule has 0 aliphatic carbocycles. The summed E-state index contributed by atoms with van der Waals surface area (Å²) in [5.74, 6) is -0.0730. The van der Waals surface area contributed by atoms with Crippen molar-refractivity contribution in [1.82, 2.24) is 14.5 Å². The van der Waals surface area contributed by atoms with Crippen LogP contribution in [-0.2, 0) is 13.5 Å². The lowest BCUT2D eigenvalue weighted by molar-refractivity contribution is 0.0787. The Labute approximate surface area is 122 Å². The molecule has 0 radical (unpaired) electrons. The molecule has 6 heteroatoms. The Bertz CT molecular complexity index is 665. The molecular formula is C14H16N4OS. The smallest absolute Gasteiger partial charge is 0.270 e. The number of rotatable bonds is 4. The number of hydrogen-bond acceptors (Lipinski definition) is 4. The first kappa shape index (κ1) is 14.3. The largest absolute Gasteiger partial charge is 0.345 e. The normalized spacial score (nSPS) is 10.3. The number of hydrogen-bond donors (Lipinski definition) is 0. The highest BCUT2D eigenvalue weighted by Gasteiger charge is 2.16. The van der Waals surface area contributed by atoms with Crippen LogP contribution in [0.15, 0.2) is 17.8 Å². The van der Waals surface area contributed by atoms with Crippen molar-refractivity contribution < 1.29 is 4.79 Å². The Kier molecular flexibility index (Phi) is 4.20. The van der Waals surface area contributed by atoms with Crippen LogP contribution in [0.3, 0.4) is 0 Å². The molecule has 2 aromatic rings. The molecule has 0 N–H and O–H groups in total. The zero-order valence-corrected chi connectivity index (χ0v) is 12.6. The number of thiazole rings is 1. The second kappa shape index (κ2) is 5.88. The molecule has 0 aliphatic rings. The maximum Gasteiger partial charge on any atom is 0.270 e. The highest BCUT2D eigenvalue weighted by molar-refractivity contribution is 7.09. The summed E-state index contributed by atoms with van der Waals surface area (Å²) in [6.07, 6.45) is 2.46. The molecule has 2 heterocycles. The van der Waals surface area contributed by atoms with Crippen LogP contribution in [-0.4, -0.2) is 34.0 Å². The standard InChI is InChI=1S/C14H16N4OS/c1-10-13(20-9-16-10)4-5-17(2)14(19)12-6-11(7-15)8-18(12)3/h6,8-9H,4-5H2,1-3H3. The van der Waals surface area contributed by atoms with Crippen molar-refractivity contribution in [2.45, 2.75) is 13.3 Å². The van der Waals surface area contributed by atoms with Gasteiger partial charge in [-0.05, 0) is 13.0 Å². The summed E-state index contributed by atoms with van der Waals surface area (Å²) in [5.41, 5.74) is 3.89. The fourth-order valence-electron chi connectivity index (χ4n) is 1.97. The van der Waals surface area contributed by atoms with Crippen LogP contribution in [0, 0.1) is 18.3 Å². The van der Waals surface area contributed by atoms with Gasteiger partial charge in [0.2, 0.25) is 0 Å². The van der Waals surface area contributed by atoms with Gasteiger partial charge in [0.25, 0.3) is 5.91 Å². The molecule has 104 valence electrons. The topological polar surface area (TPSA) is 61.9 Å². The number of nitriles is 1. The Hall–Kier alpha value is -2.13. The number of aryl methyl sites for hydroxylation is 2. The number of aromatic nitrogens is 2. The van der Waals surface area contributed by atoms with Crippen molar-refractivity contribution in [3.63, 3.8) is 0 Å². The lowest BCUT2D eigenvalue weighted by Gasteiger charge is -2.17. The van der Waals surface area contributed by atoms with Gasteiger partial charge in [0.15, 0.2) is 0 Å². The van der Waals surface area contributed by atoms with E-state index in [9.17, 15) is 4.79 Å². The van der Waals surface area contributed by atoms with Gasteiger partial charge in [0.1, 0.15) is 11.8 Å². The third-order valence-corrected chi connectivity index (χ3v) is 4.21. The number of likely N-dealkylation sites (N-methyl/N-ethyl adjacent to an activating group) is 1. The second-order valence-electron chi connectivity index (χ2n) is 4.67. The minimum atomic E-state index is -0.0730. The molecule has 2 aromatic heterocycles. The van der Waals surface area contributed by atoms with Crippen molar-refractivity contribution in [3.8, 4) is 6.07 Å². The quantitative estimate of drug-likeness (QED) is 0.864. The van der Waals surface area contributed by atoms with E-state index in [1.54, 1.807) is 47.2 Å². The molecule has 20 heavy (non-hydrogen) atoms. The van der Waals surface area contributed by atoms with Gasteiger partial charge in [-0.15, -0.1) is 11.3 Å². The van der Waals surface area contributed by atoms with Crippen LogP contribution in [0.4, 0.5) is 0 Å². The molecule has 1 amide bonds. The van der Waals surface area contributed by atoms with Crippen LogP contribution in [0.2, 0.25) is 0 Å². The van der Waals surface area contributed by atoms with Crippen molar-refractivity contribution in [2.24, 2.45) is 7.05 Å². The minimum Gasteiger partial charge on any atom is -0.345 e. The first-order chi connectivity index (χ1) is 9.52. The highest BCUT2D eigenvalue weighted by atomic mass is 32.1. The molecule has 5 nitrogen and oxygen atoms in total. The molecule has 0 unspecified atom stereocenters. The molecule has 0 fully saturated rings. The van der Waals surface area contributed by atoms with Crippen molar-refractivity contribution in [3.05, 3.63) is 39.6 Å². The summed E-state index contributed by atoms with van der Waals surface area (Å²) >= 11 is 1.61. The summed E-state index contributed by atoms with van der Waals surface area (Å²) < 4.78 is 1.69. The summed E-state index contributed by atoms with van der Waals surface area (Å²) in [6, 6.07) is 3.67. The summed E-state index contributed by atoms with van der Waals surface area (Å²) in [4.78, 5) is 19.4. The third kappa shape index (κ3) is 2.89. The first-order valence-corrected chi connectivity index (χ1v) is 7.11. The van der Waals surface area contributed by atoms with E-state index in [1.165, 1.54) is 4.88 Å². The van der Waals surface area contributed by atoms with Gasteiger partial charge in [-0.25, -0.2) is 4.98 Å². The van der Waals surface area contributed by atoms with Crippen molar-refractivity contribution in [1.29, 1.82) is 5.26 Å².